The maximum Gasteiger partial charge on any atom is 0.257 e. The Kier molecular flexibility index (Phi) is 3.68. The van der Waals surface area contributed by atoms with Gasteiger partial charge in [0.1, 0.15) is 22.8 Å². The molecule has 1 amide bonds. The summed E-state index contributed by atoms with van der Waals surface area (Å²) in [5.74, 6) is -0.307. The number of aromatic amines is 1. The maximum atomic E-state index is 14.5. The molecule has 0 saturated heterocycles. The highest BCUT2D eigenvalue weighted by Gasteiger charge is 2.38. The fourth-order valence-electron chi connectivity index (χ4n) is 2.90. The zero-order chi connectivity index (χ0) is 18.5. The number of hydrogen-bond acceptors (Lipinski definition) is 4. The maximum absolute atomic E-state index is 14.5. The Balaban J connectivity index is 1.77. The number of halogens is 1. The van der Waals surface area contributed by atoms with E-state index in [4.69, 9.17) is 0 Å². The molecule has 3 aromatic rings. The number of anilines is 2. The molecule has 0 bridgehead atoms. The average Bonchev–Trinajstić information content (AvgIpc) is 3.15. The van der Waals surface area contributed by atoms with Crippen molar-refractivity contribution in [1.82, 2.24) is 15.0 Å². The second-order valence-corrected chi connectivity index (χ2v) is 7.10. The topological polar surface area (TPSA) is 82.7 Å². The summed E-state index contributed by atoms with van der Waals surface area (Å²) in [7, 11) is 0. The van der Waals surface area contributed by atoms with Crippen LogP contribution in [0.15, 0.2) is 24.4 Å². The third-order valence-electron chi connectivity index (χ3n) is 4.82. The summed E-state index contributed by atoms with van der Waals surface area (Å²) in [5.41, 5.74) is 2.87. The molecule has 0 atom stereocenters. The SMILES string of the molecule is Cc1nc2ccc(F)c(NC(=O)c3cc[nH]c3C)c2nc1NC1(C)CC1. The van der Waals surface area contributed by atoms with Crippen LogP contribution in [-0.4, -0.2) is 26.4 Å². The first-order valence-corrected chi connectivity index (χ1v) is 8.57. The predicted octanol–water partition coefficient (Wildman–Crippen LogP) is 3.93. The van der Waals surface area contributed by atoms with Crippen molar-refractivity contribution < 1.29 is 9.18 Å². The Morgan fingerprint density at radius 1 is 1.23 bits per heavy atom. The second kappa shape index (κ2) is 5.79. The number of aryl methyl sites for hydroxylation is 2. The number of amides is 1. The smallest absolute Gasteiger partial charge is 0.257 e. The van der Waals surface area contributed by atoms with Crippen molar-refractivity contribution in [3.05, 3.63) is 47.2 Å². The molecule has 7 heteroatoms. The highest BCUT2D eigenvalue weighted by molar-refractivity contribution is 6.08. The van der Waals surface area contributed by atoms with Crippen LogP contribution >= 0.6 is 0 Å². The number of H-pyrrole nitrogens is 1. The van der Waals surface area contributed by atoms with E-state index < -0.39 is 5.82 Å². The summed E-state index contributed by atoms with van der Waals surface area (Å²) in [5, 5.41) is 6.03. The summed E-state index contributed by atoms with van der Waals surface area (Å²) in [6, 6.07) is 4.53. The molecule has 1 aliphatic rings. The number of rotatable bonds is 4. The lowest BCUT2D eigenvalue weighted by molar-refractivity contribution is 0.102. The van der Waals surface area contributed by atoms with Crippen molar-refractivity contribution in [3.8, 4) is 0 Å². The molecule has 0 spiro atoms. The first-order valence-electron chi connectivity index (χ1n) is 8.57. The number of aromatic nitrogens is 3. The molecule has 0 radical (unpaired) electrons. The van der Waals surface area contributed by atoms with Gasteiger partial charge in [0, 0.05) is 17.4 Å². The van der Waals surface area contributed by atoms with Crippen molar-refractivity contribution in [1.29, 1.82) is 0 Å². The molecule has 2 heterocycles. The Morgan fingerprint density at radius 2 is 2.00 bits per heavy atom. The van der Waals surface area contributed by atoms with E-state index >= 15 is 0 Å². The van der Waals surface area contributed by atoms with Gasteiger partial charge in [-0.2, -0.15) is 0 Å². The van der Waals surface area contributed by atoms with Gasteiger partial charge in [0.2, 0.25) is 0 Å². The van der Waals surface area contributed by atoms with Gasteiger partial charge in [-0.1, -0.05) is 0 Å². The number of fused-ring (bicyclic) bond motifs is 1. The number of nitrogens with one attached hydrogen (secondary N) is 3. The van der Waals surface area contributed by atoms with E-state index in [1.54, 1.807) is 25.3 Å². The monoisotopic (exact) mass is 353 g/mol. The van der Waals surface area contributed by atoms with Gasteiger partial charge in [-0.05, 0) is 51.8 Å². The van der Waals surface area contributed by atoms with Gasteiger partial charge in [-0.25, -0.2) is 14.4 Å². The molecule has 26 heavy (non-hydrogen) atoms. The van der Waals surface area contributed by atoms with E-state index in [1.165, 1.54) is 6.07 Å². The second-order valence-electron chi connectivity index (χ2n) is 7.10. The van der Waals surface area contributed by atoms with Gasteiger partial charge in [0.25, 0.3) is 5.91 Å². The van der Waals surface area contributed by atoms with Crippen LogP contribution in [0.2, 0.25) is 0 Å². The van der Waals surface area contributed by atoms with Crippen LogP contribution in [-0.2, 0) is 0 Å². The highest BCUT2D eigenvalue weighted by atomic mass is 19.1. The molecule has 134 valence electrons. The van der Waals surface area contributed by atoms with Crippen molar-refractivity contribution >= 4 is 28.4 Å². The summed E-state index contributed by atoms with van der Waals surface area (Å²) in [4.78, 5) is 24.6. The minimum absolute atomic E-state index is 0.0199. The molecular weight excluding hydrogens is 333 g/mol. The van der Waals surface area contributed by atoms with Crippen LogP contribution in [0.1, 0.15) is 41.5 Å². The molecule has 2 aromatic heterocycles. The van der Waals surface area contributed by atoms with Crippen LogP contribution in [0.5, 0.6) is 0 Å². The third-order valence-corrected chi connectivity index (χ3v) is 4.82. The van der Waals surface area contributed by atoms with Crippen molar-refractivity contribution in [2.75, 3.05) is 10.6 Å². The van der Waals surface area contributed by atoms with E-state index in [-0.39, 0.29) is 17.1 Å². The Labute approximate surface area is 150 Å². The van der Waals surface area contributed by atoms with E-state index in [2.05, 4.69) is 32.5 Å². The summed E-state index contributed by atoms with van der Waals surface area (Å²) in [6.07, 6.45) is 3.79. The van der Waals surface area contributed by atoms with Crippen molar-refractivity contribution in [2.24, 2.45) is 0 Å². The van der Waals surface area contributed by atoms with E-state index in [9.17, 15) is 9.18 Å². The predicted molar refractivity (Wildman–Crippen MR) is 99.0 cm³/mol. The molecule has 3 N–H and O–H groups in total. The summed E-state index contributed by atoms with van der Waals surface area (Å²) >= 11 is 0. The Bertz CT molecular complexity index is 1020. The first-order chi connectivity index (χ1) is 12.4. The normalized spacial score (nSPS) is 15.1. The van der Waals surface area contributed by atoms with Crippen molar-refractivity contribution in [3.63, 3.8) is 0 Å². The fraction of sp³-hybridized carbons (Fsp3) is 0.316. The number of nitrogens with zero attached hydrogens (tertiary/aromatic N) is 2. The van der Waals surface area contributed by atoms with Gasteiger partial charge in [0.15, 0.2) is 0 Å². The van der Waals surface area contributed by atoms with E-state index in [0.29, 0.717) is 28.1 Å². The zero-order valence-corrected chi connectivity index (χ0v) is 14.9. The fourth-order valence-corrected chi connectivity index (χ4v) is 2.90. The number of carbonyl (C=O) groups is 1. The molecule has 1 aromatic carbocycles. The molecular formula is C19H20FN5O. The van der Waals surface area contributed by atoms with Crippen LogP contribution in [0.3, 0.4) is 0 Å². The minimum atomic E-state index is -0.541. The van der Waals surface area contributed by atoms with Gasteiger partial charge >= 0.3 is 0 Å². The molecule has 0 unspecified atom stereocenters. The largest absolute Gasteiger partial charge is 0.365 e. The van der Waals surface area contributed by atoms with Crippen LogP contribution in [0, 0.1) is 19.7 Å². The van der Waals surface area contributed by atoms with Crippen LogP contribution in [0.4, 0.5) is 15.9 Å². The molecule has 1 saturated carbocycles. The first kappa shape index (κ1) is 16.5. The Hall–Kier alpha value is -2.96. The minimum Gasteiger partial charge on any atom is -0.365 e. The van der Waals surface area contributed by atoms with E-state index in [0.717, 1.165) is 18.5 Å². The summed E-state index contributed by atoms with van der Waals surface area (Å²) in [6.45, 7) is 5.77. The molecule has 6 nitrogen and oxygen atoms in total. The highest BCUT2D eigenvalue weighted by Crippen LogP contribution is 2.38. The standard InChI is InChI=1S/C19H20FN5O/c1-10-12(6-9-21-10)18(26)24-15-13(20)4-5-14-16(15)23-17(11(2)22-14)25-19(3)7-8-19/h4-6,9,21H,7-8H2,1-3H3,(H,23,25)(H,24,26). The van der Waals surface area contributed by atoms with Crippen LogP contribution in [0.25, 0.3) is 11.0 Å². The van der Waals surface area contributed by atoms with Gasteiger partial charge < -0.3 is 15.6 Å². The quantitative estimate of drug-likeness (QED) is 0.664. The number of hydrogen-bond donors (Lipinski definition) is 3. The third kappa shape index (κ3) is 2.89. The van der Waals surface area contributed by atoms with E-state index in [1.807, 2.05) is 6.92 Å². The van der Waals surface area contributed by atoms with Crippen LogP contribution < -0.4 is 10.6 Å². The summed E-state index contributed by atoms with van der Waals surface area (Å²) < 4.78 is 14.5. The lowest BCUT2D eigenvalue weighted by Crippen LogP contribution is -2.19. The average molecular weight is 353 g/mol. The Morgan fingerprint density at radius 3 is 2.65 bits per heavy atom. The van der Waals surface area contributed by atoms with Crippen molar-refractivity contribution in [2.45, 2.75) is 39.2 Å². The van der Waals surface area contributed by atoms with Gasteiger partial charge in [0.05, 0.1) is 16.8 Å². The number of benzene rings is 1. The van der Waals surface area contributed by atoms with Gasteiger partial charge in [-0.3, -0.25) is 4.79 Å². The van der Waals surface area contributed by atoms with Gasteiger partial charge in [-0.15, -0.1) is 0 Å². The lowest BCUT2D eigenvalue weighted by Gasteiger charge is -2.16. The molecule has 1 aliphatic carbocycles. The number of carbonyl (C=O) groups excluding carboxylic acids is 1. The molecule has 4 rings (SSSR count). The zero-order valence-electron chi connectivity index (χ0n) is 14.9. The molecule has 1 fully saturated rings. The molecule has 0 aliphatic heterocycles. The lowest BCUT2D eigenvalue weighted by atomic mass is 10.2.